The Labute approximate surface area is 90.1 Å². The van der Waals surface area contributed by atoms with E-state index >= 15 is 0 Å². The molecule has 4 nitrogen and oxygen atoms in total. The van der Waals surface area contributed by atoms with Gasteiger partial charge in [-0.2, -0.15) is 0 Å². The van der Waals surface area contributed by atoms with Crippen molar-refractivity contribution in [3.8, 4) is 0 Å². The highest BCUT2D eigenvalue weighted by molar-refractivity contribution is 5.68. The second-order valence-electron chi connectivity index (χ2n) is 3.53. The first kappa shape index (κ1) is 11.8. The van der Waals surface area contributed by atoms with Gasteiger partial charge in [-0.1, -0.05) is 12.8 Å². The van der Waals surface area contributed by atoms with Crippen molar-refractivity contribution in [2.24, 2.45) is 0 Å². The summed E-state index contributed by atoms with van der Waals surface area (Å²) in [6.07, 6.45) is 9.40. The summed E-state index contributed by atoms with van der Waals surface area (Å²) >= 11 is 0. The summed E-state index contributed by atoms with van der Waals surface area (Å²) in [5.41, 5.74) is 0. The summed E-state index contributed by atoms with van der Waals surface area (Å²) in [7, 11) is 1.43. The summed E-state index contributed by atoms with van der Waals surface area (Å²) in [5, 5.41) is 0. The molecule has 0 aliphatic rings. The van der Waals surface area contributed by atoms with Gasteiger partial charge in [0.25, 0.3) is 0 Å². The van der Waals surface area contributed by atoms with Crippen molar-refractivity contribution in [1.82, 2.24) is 9.97 Å². The molecule has 1 rings (SSSR count). The highest BCUT2D eigenvalue weighted by Crippen LogP contribution is 2.06. The molecule has 0 saturated heterocycles. The first-order valence-corrected chi connectivity index (χ1v) is 5.38. The minimum Gasteiger partial charge on any atom is -0.469 e. The predicted molar refractivity (Wildman–Crippen MR) is 57.4 cm³/mol. The van der Waals surface area contributed by atoms with Gasteiger partial charge >= 0.3 is 5.97 Å². The van der Waals surface area contributed by atoms with E-state index in [-0.39, 0.29) is 5.97 Å². The van der Waals surface area contributed by atoms with Crippen LogP contribution in [0.4, 0.5) is 0 Å². The number of H-pyrrole nitrogens is 1. The zero-order chi connectivity index (χ0) is 10.9. The number of aryl methyl sites for hydroxylation is 1. The second-order valence-corrected chi connectivity index (χ2v) is 3.53. The second kappa shape index (κ2) is 7.04. The van der Waals surface area contributed by atoms with Crippen molar-refractivity contribution in [3.05, 3.63) is 18.2 Å². The molecule has 0 aliphatic heterocycles. The standard InChI is InChI=1S/C11H18N2O2/c1-15-11(14)7-5-3-2-4-6-10-12-8-9-13-10/h8-9H,2-7H2,1H3,(H,12,13). The fraction of sp³-hybridized carbons (Fsp3) is 0.636. The first-order chi connectivity index (χ1) is 7.33. The molecule has 4 heteroatoms. The number of esters is 1. The molecular weight excluding hydrogens is 192 g/mol. The van der Waals surface area contributed by atoms with E-state index < -0.39 is 0 Å². The fourth-order valence-corrected chi connectivity index (χ4v) is 1.45. The number of aromatic amines is 1. The van der Waals surface area contributed by atoms with Gasteiger partial charge in [0.15, 0.2) is 0 Å². The van der Waals surface area contributed by atoms with Gasteiger partial charge < -0.3 is 9.72 Å². The third kappa shape index (κ3) is 5.20. The largest absolute Gasteiger partial charge is 0.469 e. The third-order valence-electron chi connectivity index (χ3n) is 2.33. The molecule has 0 amide bonds. The van der Waals surface area contributed by atoms with Gasteiger partial charge in [0.2, 0.25) is 0 Å². The van der Waals surface area contributed by atoms with Crippen LogP contribution in [-0.2, 0) is 16.0 Å². The Hall–Kier alpha value is -1.32. The zero-order valence-corrected chi connectivity index (χ0v) is 9.16. The number of hydrogen-bond acceptors (Lipinski definition) is 3. The monoisotopic (exact) mass is 210 g/mol. The lowest BCUT2D eigenvalue weighted by atomic mass is 10.1. The van der Waals surface area contributed by atoms with Crippen LogP contribution >= 0.6 is 0 Å². The van der Waals surface area contributed by atoms with E-state index in [2.05, 4.69) is 14.7 Å². The van der Waals surface area contributed by atoms with Crippen LogP contribution in [0.5, 0.6) is 0 Å². The van der Waals surface area contributed by atoms with Crippen molar-refractivity contribution in [2.75, 3.05) is 7.11 Å². The highest BCUT2D eigenvalue weighted by atomic mass is 16.5. The van der Waals surface area contributed by atoms with Crippen LogP contribution in [0.3, 0.4) is 0 Å². The Balaban J connectivity index is 1.91. The molecule has 1 aromatic heterocycles. The van der Waals surface area contributed by atoms with E-state index in [1.165, 1.54) is 7.11 Å². The normalized spacial score (nSPS) is 10.2. The van der Waals surface area contributed by atoms with Crippen molar-refractivity contribution in [1.29, 1.82) is 0 Å². The van der Waals surface area contributed by atoms with Gasteiger partial charge in [-0.05, 0) is 12.8 Å². The molecule has 84 valence electrons. The summed E-state index contributed by atoms with van der Waals surface area (Å²) < 4.78 is 4.56. The average molecular weight is 210 g/mol. The third-order valence-corrected chi connectivity index (χ3v) is 2.33. The van der Waals surface area contributed by atoms with Gasteiger partial charge in [0, 0.05) is 25.2 Å². The number of unbranched alkanes of at least 4 members (excludes halogenated alkanes) is 3. The Morgan fingerprint density at radius 3 is 2.87 bits per heavy atom. The van der Waals surface area contributed by atoms with Gasteiger partial charge in [-0.25, -0.2) is 4.98 Å². The van der Waals surface area contributed by atoms with E-state index in [9.17, 15) is 4.79 Å². The van der Waals surface area contributed by atoms with Crippen LogP contribution in [0.25, 0.3) is 0 Å². The molecule has 15 heavy (non-hydrogen) atoms. The van der Waals surface area contributed by atoms with E-state index in [4.69, 9.17) is 0 Å². The maximum atomic E-state index is 10.8. The number of nitrogens with zero attached hydrogens (tertiary/aromatic N) is 1. The molecule has 0 atom stereocenters. The molecule has 0 fully saturated rings. The van der Waals surface area contributed by atoms with Crippen LogP contribution in [0.2, 0.25) is 0 Å². The number of hydrogen-bond donors (Lipinski definition) is 1. The molecule has 0 aromatic carbocycles. The molecular formula is C11H18N2O2. The van der Waals surface area contributed by atoms with E-state index in [1.54, 1.807) is 6.20 Å². The molecule has 1 aromatic rings. The first-order valence-electron chi connectivity index (χ1n) is 5.38. The molecule has 0 unspecified atom stereocenters. The van der Waals surface area contributed by atoms with Crippen molar-refractivity contribution < 1.29 is 9.53 Å². The Morgan fingerprint density at radius 1 is 1.40 bits per heavy atom. The number of nitrogens with one attached hydrogen (secondary N) is 1. The Bertz CT molecular complexity index is 270. The lowest BCUT2D eigenvalue weighted by Gasteiger charge is -1.99. The molecule has 0 radical (unpaired) electrons. The van der Waals surface area contributed by atoms with Crippen molar-refractivity contribution in [3.63, 3.8) is 0 Å². The van der Waals surface area contributed by atoms with Crippen molar-refractivity contribution in [2.45, 2.75) is 38.5 Å². The lowest BCUT2D eigenvalue weighted by Crippen LogP contribution is -1.99. The van der Waals surface area contributed by atoms with Crippen LogP contribution in [0, 0.1) is 0 Å². The molecule has 0 aliphatic carbocycles. The van der Waals surface area contributed by atoms with E-state index in [0.717, 1.165) is 37.9 Å². The number of rotatable bonds is 7. The number of imidazole rings is 1. The number of methoxy groups -OCH3 is 1. The number of ether oxygens (including phenoxy) is 1. The summed E-state index contributed by atoms with van der Waals surface area (Å²) in [6.45, 7) is 0. The summed E-state index contributed by atoms with van der Waals surface area (Å²) in [5.74, 6) is 0.934. The Kier molecular flexibility index (Phi) is 5.51. The maximum absolute atomic E-state index is 10.8. The van der Waals surface area contributed by atoms with E-state index in [1.807, 2.05) is 6.20 Å². The van der Waals surface area contributed by atoms with Crippen LogP contribution in [-0.4, -0.2) is 23.0 Å². The minimum absolute atomic E-state index is 0.110. The maximum Gasteiger partial charge on any atom is 0.305 e. The van der Waals surface area contributed by atoms with Gasteiger partial charge in [0.1, 0.15) is 5.82 Å². The van der Waals surface area contributed by atoms with Gasteiger partial charge in [-0.15, -0.1) is 0 Å². The minimum atomic E-state index is -0.110. The Morgan fingerprint density at radius 2 is 2.20 bits per heavy atom. The van der Waals surface area contributed by atoms with Crippen LogP contribution in [0.15, 0.2) is 12.4 Å². The molecule has 0 saturated carbocycles. The highest BCUT2D eigenvalue weighted by Gasteiger charge is 1.99. The summed E-state index contributed by atoms with van der Waals surface area (Å²) in [6, 6.07) is 0. The lowest BCUT2D eigenvalue weighted by molar-refractivity contribution is -0.140. The molecule has 0 spiro atoms. The fourth-order valence-electron chi connectivity index (χ4n) is 1.45. The van der Waals surface area contributed by atoms with Gasteiger partial charge in [-0.3, -0.25) is 4.79 Å². The number of carbonyl (C=O) groups is 1. The number of aromatic nitrogens is 2. The molecule has 1 N–H and O–H groups in total. The van der Waals surface area contributed by atoms with Crippen LogP contribution < -0.4 is 0 Å². The number of carbonyl (C=O) groups excluding carboxylic acids is 1. The van der Waals surface area contributed by atoms with E-state index in [0.29, 0.717) is 6.42 Å². The smallest absolute Gasteiger partial charge is 0.305 e. The SMILES string of the molecule is COC(=O)CCCCCCc1ncc[nH]1. The van der Waals surface area contributed by atoms with Crippen LogP contribution in [0.1, 0.15) is 37.9 Å². The summed E-state index contributed by atoms with van der Waals surface area (Å²) in [4.78, 5) is 18.0. The molecule has 1 heterocycles. The topological polar surface area (TPSA) is 55.0 Å². The van der Waals surface area contributed by atoms with Gasteiger partial charge in [0.05, 0.1) is 7.11 Å². The van der Waals surface area contributed by atoms with Crippen molar-refractivity contribution >= 4 is 5.97 Å². The molecule has 0 bridgehead atoms. The average Bonchev–Trinajstić information content (AvgIpc) is 2.75. The quantitative estimate of drug-likeness (QED) is 0.553. The zero-order valence-electron chi connectivity index (χ0n) is 9.16. The predicted octanol–water partition coefficient (Wildman–Crippen LogP) is 2.08.